The van der Waals surface area contributed by atoms with Gasteiger partial charge in [0.15, 0.2) is 5.82 Å². The Hall–Kier alpha value is -4.37. The molecule has 0 radical (unpaired) electrons. The van der Waals surface area contributed by atoms with Crippen molar-refractivity contribution in [2.24, 2.45) is 0 Å². The average molecular weight is 533 g/mol. The molecule has 5 rings (SSSR count). The van der Waals surface area contributed by atoms with Gasteiger partial charge in [-0.1, -0.05) is 42.4 Å². The second-order valence-corrected chi connectivity index (χ2v) is 9.29. The number of rotatable bonds is 6. The van der Waals surface area contributed by atoms with Crippen molar-refractivity contribution in [3.05, 3.63) is 71.8 Å². The second kappa shape index (κ2) is 10.2. The van der Waals surface area contributed by atoms with Crippen LogP contribution in [0.1, 0.15) is 11.7 Å². The first-order valence-electron chi connectivity index (χ1n) is 11.8. The van der Waals surface area contributed by atoms with Gasteiger partial charge in [-0.3, -0.25) is 4.79 Å². The maximum absolute atomic E-state index is 16.4. The summed E-state index contributed by atoms with van der Waals surface area (Å²) in [6.07, 6.45) is 2.04. The SMILES string of the molecule is C=CC(=O)N1CCN(c2nc(C(C=O)C=O)nc3c(F)c(-c4cc(O)cc5ccccc45)c(Cl)cc23)CC1. The summed E-state index contributed by atoms with van der Waals surface area (Å²) in [6, 6.07) is 11.7. The fourth-order valence-electron chi connectivity index (χ4n) is 4.76. The quantitative estimate of drug-likeness (QED) is 0.225. The number of fused-ring (bicyclic) bond motifs is 2. The van der Waals surface area contributed by atoms with E-state index in [2.05, 4.69) is 16.5 Å². The number of amides is 1. The van der Waals surface area contributed by atoms with E-state index in [4.69, 9.17) is 11.6 Å². The van der Waals surface area contributed by atoms with Gasteiger partial charge in [0.2, 0.25) is 5.91 Å². The van der Waals surface area contributed by atoms with Crippen molar-refractivity contribution in [3.63, 3.8) is 0 Å². The molecule has 0 spiro atoms. The zero-order valence-electron chi connectivity index (χ0n) is 20.1. The number of phenols is 1. The topological polar surface area (TPSA) is 104 Å². The molecule has 1 aliphatic heterocycles. The Balaban J connectivity index is 1.73. The molecule has 1 aromatic heterocycles. The number of aldehydes is 2. The first kappa shape index (κ1) is 25.3. The normalized spacial score (nSPS) is 13.8. The van der Waals surface area contributed by atoms with E-state index < -0.39 is 11.7 Å². The Morgan fingerprint density at radius 2 is 1.76 bits per heavy atom. The molecule has 10 heteroatoms. The molecule has 0 aliphatic carbocycles. The monoisotopic (exact) mass is 532 g/mol. The molecule has 0 unspecified atom stereocenters. The average Bonchev–Trinajstić information content (AvgIpc) is 2.93. The Labute approximate surface area is 222 Å². The van der Waals surface area contributed by atoms with E-state index in [9.17, 15) is 19.5 Å². The first-order chi connectivity index (χ1) is 18.4. The van der Waals surface area contributed by atoms with Gasteiger partial charge in [0.1, 0.15) is 41.4 Å². The zero-order valence-corrected chi connectivity index (χ0v) is 20.9. The highest BCUT2D eigenvalue weighted by Gasteiger charge is 2.27. The van der Waals surface area contributed by atoms with Gasteiger partial charge >= 0.3 is 0 Å². The van der Waals surface area contributed by atoms with Gasteiger partial charge in [-0.2, -0.15) is 0 Å². The summed E-state index contributed by atoms with van der Waals surface area (Å²) in [5, 5.41) is 12.1. The van der Waals surface area contributed by atoms with E-state index in [0.717, 1.165) is 0 Å². The van der Waals surface area contributed by atoms with Gasteiger partial charge in [0.05, 0.1) is 5.02 Å². The Bertz CT molecular complexity index is 1610. The number of phenolic OH excluding ortho intramolecular Hbond substituents is 1. The molecule has 1 amide bonds. The van der Waals surface area contributed by atoms with Crippen LogP contribution in [0.4, 0.5) is 10.2 Å². The standard InChI is InChI=1S/C28H22ClFN4O4/c1-2-23(38)33-7-9-34(10-8-33)28-21-13-22(29)24(20-12-18(37)11-16-5-3-4-6-19(16)20)25(30)26(21)31-27(32-28)17(14-35)15-36/h2-6,11-15,17,37H,1,7-10H2. The summed E-state index contributed by atoms with van der Waals surface area (Å²) in [7, 11) is 0. The maximum atomic E-state index is 16.4. The number of carbonyl (C=O) groups excluding carboxylic acids is 3. The third-order valence-corrected chi connectivity index (χ3v) is 6.95. The fraction of sp³-hybridized carbons (Fsp3) is 0.179. The molecule has 38 heavy (non-hydrogen) atoms. The van der Waals surface area contributed by atoms with Crippen LogP contribution in [0.3, 0.4) is 0 Å². The molecular weight excluding hydrogens is 511 g/mol. The van der Waals surface area contributed by atoms with Crippen LogP contribution in [-0.4, -0.2) is 64.6 Å². The van der Waals surface area contributed by atoms with Crippen LogP contribution in [0.25, 0.3) is 32.8 Å². The molecule has 2 heterocycles. The fourth-order valence-corrected chi connectivity index (χ4v) is 5.05. The number of hydrogen-bond donors (Lipinski definition) is 1. The summed E-state index contributed by atoms with van der Waals surface area (Å²) < 4.78 is 16.4. The smallest absolute Gasteiger partial charge is 0.246 e. The van der Waals surface area contributed by atoms with E-state index in [0.29, 0.717) is 66.3 Å². The second-order valence-electron chi connectivity index (χ2n) is 8.88. The third-order valence-electron chi connectivity index (χ3n) is 6.65. The van der Waals surface area contributed by atoms with Gasteiger partial charge in [-0.05, 0) is 40.6 Å². The van der Waals surface area contributed by atoms with Crippen LogP contribution >= 0.6 is 11.6 Å². The number of carbonyl (C=O) groups is 3. The van der Waals surface area contributed by atoms with Crippen LogP contribution in [0.5, 0.6) is 5.75 Å². The number of benzene rings is 3. The molecule has 1 aliphatic rings. The summed E-state index contributed by atoms with van der Waals surface area (Å²) in [5.74, 6) is -2.16. The molecule has 1 saturated heterocycles. The minimum Gasteiger partial charge on any atom is -0.508 e. The third kappa shape index (κ3) is 4.35. The van der Waals surface area contributed by atoms with Crippen LogP contribution < -0.4 is 4.90 Å². The van der Waals surface area contributed by atoms with Crippen molar-refractivity contribution in [2.45, 2.75) is 5.92 Å². The highest BCUT2D eigenvalue weighted by molar-refractivity contribution is 6.35. The number of halogens is 2. The molecule has 0 saturated carbocycles. The number of piperazine rings is 1. The predicted molar refractivity (Wildman–Crippen MR) is 143 cm³/mol. The summed E-state index contributed by atoms with van der Waals surface area (Å²) in [4.78, 5) is 47.4. The van der Waals surface area contributed by atoms with Crippen LogP contribution in [0.2, 0.25) is 5.02 Å². The van der Waals surface area contributed by atoms with Crippen molar-refractivity contribution in [1.29, 1.82) is 0 Å². The summed E-state index contributed by atoms with van der Waals surface area (Å²) in [6.45, 7) is 5.01. The molecule has 1 fully saturated rings. The van der Waals surface area contributed by atoms with Crippen LogP contribution in [0, 0.1) is 5.82 Å². The highest BCUT2D eigenvalue weighted by Crippen LogP contribution is 2.42. The van der Waals surface area contributed by atoms with Gasteiger partial charge in [0.25, 0.3) is 0 Å². The largest absolute Gasteiger partial charge is 0.508 e. The minimum absolute atomic E-state index is 0.0250. The number of hydrogen-bond acceptors (Lipinski definition) is 7. The Morgan fingerprint density at radius 1 is 1.05 bits per heavy atom. The number of nitrogens with zero attached hydrogens (tertiary/aromatic N) is 4. The molecule has 1 N–H and O–H groups in total. The van der Waals surface area contributed by atoms with Crippen LogP contribution in [0.15, 0.2) is 55.1 Å². The van der Waals surface area contributed by atoms with E-state index in [1.165, 1.54) is 12.1 Å². The van der Waals surface area contributed by atoms with Crippen molar-refractivity contribution in [2.75, 3.05) is 31.1 Å². The molecule has 4 aromatic rings. The maximum Gasteiger partial charge on any atom is 0.246 e. The lowest BCUT2D eigenvalue weighted by molar-refractivity contribution is -0.126. The van der Waals surface area contributed by atoms with Crippen molar-refractivity contribution in [3.8, 4) is 16.9 Å². The van der Waals surface area contributed by atoms with E-state index in [1.807, 2.05) is 4.90 Å². The number of aromatic nitrogens is 2. The van der Waals surface area contributed by atoms with E-state index >= 15 is 4.39 Å². The van der Waals surface area contributed by atoms with Gasteiger partial charge in [0, 0.05) is 37.1 Å². The lowest BCUT2D eigenvalue weighted by Crippen LogP contribution is -2.48. The summed E-state index contributed by atoms with van der Waals surface area (Å²) >= 11 is 6.68. The Morgan fingerprint density at radius 3 is 2.45 bits per heavy atom. The van der Waals surface area contributed by atoms with Gasteiger partial charge in [-0.15, -0.1) is 0 Å². The molecule has 8 nitrogen and oxygen atoms in total. The molecule has 192 valence electrons. The van der Waals surface area contributed by atoms with Crippen LogP contribution in [-0.2, 0) is 14.4 Å². The van der Waals surface area contributed by atoms with Crippen molar-refractivity contribution in [1.82, 2.24) is 14.9 Å². The number of aromatic hydroxyl groups is 1. The lowest BCUT2D eigenvalue weighted by atomic mass is 9.96. The molecule has 3 aromatic carbocycles. The van der Waals surface area contributed by atoms with Crippen molar-refractivity contribution >= 4 is 57.6 Å². The molecule has 0 atom stereocenters. The lowest BCUT2D eigenvalue weighted by Gasteiger charge is -2.35. The van der Waals surface area contributed by atoms with Gasteiger partial charge < -0.3 is 24.5 Å². The predicted octanol–water partition coefficient (Wildman–Crippen LogP) is 4.26. The van der Waals surface area contributed by atoms with E-state index in [-0.39, 0.29) is 33.6 Å². The minimum atomic E-state index is -1.29. The highest BCUT2D eigenvalue weighted by atomic mass is 35.5. The zero-order chi connectivity index (χ0) is 27.0. The van der Waals surface area contributed by atoms with Gasteiger partial charge in [-0.25, -0.2) is 14.4 Å². The summed E-state index contributed by atoms with van der Waals surface area (Å²) in [5.41, 5.74) is 0.276. The molecular formula is C28H22ClFN4O4. The first-order valence-corrected chi connectivity index (χ1v) is 12.2. The van der Waals surface area contributed by atoms with Crippen molar-refractivity contribution < 1.29 is 23.9 Å². The van der Waals surface area contributed by atoms with E-state index in [1.54, 1.807) is 41.3 Å². The Kier molecular flexibility index (Phi) is 6.77. The number of anilines is 1. The molecule has 0 bridgehead atoms.